The first kappa shape index (κ1) is 12.4. The molecule has 4 nitrogen and oxygen atoms in total. The molecule has 16 heavy (non-hydrogen) atoms. The number of rotatable bonds is 4. The molecule has 88 valence electrons. The minimum absolute atomic E-state index is 0.0133. The number of nitrogens with zero attached hydrogens (tertiary/aromatic N) is 2. The van der Waals surface area contributed by atoms with Crippen molar-refractivity contribution in [2.75, 3.05) is 13.6 Å². The lowest BCUT2D eigenvalue weighted by Gasteiger charge is -2.15. The van der Waals surface area contributed by atoms with Crippen LogP contribution in [0.25, 0.3) is 0 Å². The quantitative estimate of drug-likeness (QED) is 0.352. The Bertz CT molecular complexity index is 396. The molecule has 0 aliphatic rings. The van der Waals surface area contributed by atoms with Crippen LogP contribution in [0.2, 0.25) is 0 Å². The third-order valence-corrected chi connectivity index (χ3v) is 2.01. The summed E-state index contributed by atoms with van der Waals surface area (Å²) in [6, 6.07) is 3.25. The maximum absolute atomic E-state index is 13.2. The largest absolute Gasteiger partial charge is 0.409 e. The number of amidine groups is 1. The Kier molecular flexibility index (Phi) is 4.19. The molecule has 0 aliphatic carbocycles. The number of nitrogens with two attached hydrogens (primary N) is 1. The second kappa shape index (κ2) is 5.41. The van der Waals surface area contributed by atoms with Crippen LogP contribution in [0.5, 0.6) is 0 Å². The highest BCUT2D eigenvalue weighted by Crippen LogP contribution is 2.11. The lowest BCUT2D eigenvalue weighted by molar-refractivity contribution is 0.307. The van der Waals surface area contributed by atoms with Crippen LogP contribution in [0, 0.1) is 11.6 Å². The summed E-state index contributed by atoms with van der Waals surface area (Å²) in [6.45, 7) is 0.353. The minimum atomic E-state index is -0.492. The topological polar surface area (TPSA) is 61.8 Å². The van der Waals surface area contributed by atoms with E-state index in [1.54, 1.807) is 11.9 Å². The van der Waals surface area contributed by atoms with Gasteiger partial charge in [-0.1, -0.05) is 5.16 Å². The standard InChI is InChI=1S/C10H13F2N3O/c1-15(6-10(13)14-16)5-7-4-8(11)2-3-9(7)12/h2-4,16H,5-6H2,1H3,(H2,13,14). The van der Waals surface area contributed by atoms with Crippen molar-refractivity contribution in [2.45, 2.75) is 6.54 Å². The molecule has 6 heteroatoms. The number of benzene rings is 1. The van der Waals surface area contributed by atoms with E-state index in [0.717, 1.165) is 18.2 Å². The summed E-state index contributed by atoms with van der Waals surface area (Å²) in [5.41, 5.74) is 5.52. The number of likely N-dealkylation sites (N-methyl/N-ethyl adjacent to an activating group) is 1. The zero-order valence-electron chi connectivity index (χ0n) is 8.82. The van der Waals surface area contributed by atoms with Gasteiger partial charge in [-0.3, -0.25) is 4.90 Å². The summed E-state index contributed by atoms with van der Waals surface area (Å²) in [6.07, 6.45) is 0. The Labute approximate surface area is 92.0 Å². The zero-order valence-corrected chi connectivity index (χ0v) is 8.82. The van der Waals surface area contributed by atoms with Gasteiger partial charge in [0.2, 0.25) is 0 Å². The Balaban J connectivity index is 2.69. The molecule has 3 N–H and O–H groups in total. The van der Waals surface area contributed by atoms with Crippen LogP contribution in [0.4, 0.5) is 8.78 Å². The van der Waals surface area contributed by atoms with Crippen molar-refractivity contribution in [3.63, 3.8) is 0 Å². The third kappa shape index (κ3) is 3.47. The van der Waals surface area contributed by atoms with E-state index in [1.807, 2.05) is 0 Å². The predicted molar refractivity (Wildman–Crippen MR) is 56.1 cm³/mol. The summed E-state index contributed by atoms with van der Waals surface area (Å²) >= 11 is 0. The van der Waals surface area contributed by atoms with E-state index in [0.29, 0.717) is 0 Å². The Morgan fingerprint density at radius 2 is 2.19 bits per heavy atom. The molecular formula is C10H13F2N3O. The Hall–Kier alpha value is -1.69. The molecule has 0 aliphatic heterocycles. The molecule has 1 rings (SSSR count). The van der Waals surface area contributed by atoms with Crippen molar-refractivity contribution in [3.05, 3.63) is 35.4 Å². The molecule has 0 heterocycles. The van der Waals surface area contributed by atoms with E-state index < -0.39 is 11.6 Å². The Morgan fingerprint density at radius 3 is 2.81 bits per heavy atom. The van der Waals surface area contributed by atoms with Crippen molar-refractivity contribution in [3.8, 4) is 0 Å². The van der Waals surface area contributed by atoms with Crippen LogP contribution >= 0.6 is 0 Å². The van der Waals surface area contributed by atoms with Crippen LogP contribution in [-0.2, 0) is 6.54 Å². The van der Waals surface area contributed by atoms with Crippen molar-refractivity contribution in [2.24, 2.45) is 10.9 Å². The molecule has 1 aromatic carbocycles. The number of halogens is 2. The van der Waals surface area contributed by atoms with Gasteiger partial charge in [-0.2, -0.15) is 0 Å². The molecule has 0 amide bonds. The van der Waals surface area contributed by atoms with Gasteiger partial charge in [-0.05, 0) is 25.2 Å². The number of hydrogen-bond donors (Lipinski definition) is 2. The highest BCUT2D eigenvalue weighted by Gasteiger charge is 2.08. The van der Waals surface area contributed by atoms with E-state index >= 15 is 0 Å². The van der Waals surface area contributed by atoms with Crippen LogP contribution in [0.1, 0.15) is 5.56 Å². The van der Waals surface area contributed by atoms with Gasteiger partial charge in [-0.25, -0.2) is 8.78 Å². The Morgan fingerprint density at radius 1 is 1.50 bits per heavy atom. The van der Waals surface area contributed by atoms with E-state index in [9.17, 15) is 8.78 Å². The highest BCUT2D eigenvalue weighted by molar-refractivity contribution is 5.81. The van der Waals surface area contributed by atoms with Crippen LogP contribution in [0.15, 0.2) is 23.4 Å². The normalized spacial score (nSPS) is 12.1. The minimum Gasteiger partial charge on any atom is -0.409 e. The third-order valence-electron chi connectivity index (χ3n) is 2.01. The number of hydrogen-bond acceptors (Lipinski definition) is 3. The van der Waals surface area contributed by atoms with Crippen molar-refractivity contribution < 1.29 is 14.0 Å². The second-order valence-corrected chi connectivity index (χ2v) is 3.50. The number of oxime groups is 1. The summed E-state index contributed by atoms with van der Waals surface area (Å²) < 4.78 is 26.1. The first-order valence-corrected chi connectivity index (χ1v) is 4.62. The van der Waals surface area contributed by atoms with Crippen molar-refractivity contribution in [1.82, 2.24) is 4.90 Å². The molecule has 0 saturated carbocycles. The molecule has 0 unspecified atom stereocenters. The lowest BCUT2D eigenvalue weighted by Crippen LogP contribution is -2.30. The van der Waals surface area contributed by atoms with E-state index in [-0.39, 0.29) is 24.5 Å². The fraction of sp³-hybridized carbons (Fsp3) is 0.300. The van der Waals surface area contributed by atoms with E-state index in [1.165, 1.54) is 0 Å². The van der Waals surface area contributed by atoms with Gasteiger partial charge in [0.1, 0.15) is 11.6 Å². The highest BCUT2D eigenvalue weighted by atomic mass is 19.1. The molecule has 0 bridgehead atoms. The summed E-state index contributed by atoms with van der Waals surface area (Å²) in [5, 5.41) is 11.1. The molecular weight excluding hydrogens is 216 g/mol. The first-order chi connectivity index (χ1) is 7.52. The predicted octanol–water partition coefficient (Wildman–Crippen LogP) is 1.14. The van der Waals surface area contributed by atoms with Gasteiger partial charge in [0.05, 0.1) is 6.54 Å². The maximum Gasteiger partial charge on any atom is 0.153 e. The first-order valence-electron chi connectivity index (χ1n) is 4.62. The monoisotopic (exact) mass is 229 g/mol. The second-order valence-electron chi connectivity index (χ2n) is 3.50. The summed E-state index contributed by atoms with van der Waals surface area (Å²) in [5.74, 6) is -0.958. The average Bonchev–Trinajstić information content (AvgIpc) is 2.23. The maximum atomic E-state index is 13.2. The molecule has 0 radical (unpaired) electrons. The van der Waals surface area contributed by atoms with Gasteiger partial charge < -0.3 is 10.9 Å². The van der Waals surface area contributed by atoms with Gasteiger partial charge >= 0.3 is 0 Å². The van der Waals surface area contributed by atoms with Crippen molar-refractivity contribution in [1.29, 1.82) is 0 Å². The molecule has 0 aromatic heterocycles. The van der Waals surface area contributed by atoms with Gasteiger partial charge in [-0.15, -0.1) is 0 Å². The van der Waals surface area contributed by atoms with Crippen LogP contribution in [-0.4, -0.2) is 29.5 Å². The SMILES string of the molecule is CN(CC(N)=NO)Cc1cc(F)ccc1F. The molecule has 0 saturated heterocycles. The van der Waals surface area contributed by atoms with Gasteiger partial charge in [0.15, 0.2) is 5.84 Å². The smallest absolute Gasteiger partial charge is 0.153 e. The molecule has 0 fully saturated rings. The molecule has 0 spiro atoms. The fourth-order valence-corrected chi connectivity index (χ4v) is 1.32. The average molecular weight is 229 g/mol. The lowest BCUT2D eigenvalue weighted by atomic mass is 10.2. The fourth-order valence-electron chi connectivity index (χ4n) is 1.32. The molecule has 0 atom stereocenters. The van der Waals surface area contributed by atoms with Gasteiger partial charge in [0, 0.05) is 12.1 Å². The summed E-state index contributed by atoms with van der Waals surface area (Å²) in [4.78, 5) is 1.60. The molecule has 1 aromatic rings. The van der Waals surface area contributed by atoms with Crippen molar-refractivity contribution >= 4 is 5.84 Å². The van der Waals surface area contributed by atoms with Crippen LogP contribution in [0.3, 0.4) is 0 Å². The zero-order chi connectivity index (χ0) is 12.1. The van der Waals surface area contributed by atoms with Crippen LogP contribution < -0.4 is 5.73 Å². The summed E-state index contributed by atoms with van der Waals surface area (Å²) in [7, 11) is 1.66. The van der Waals surface area contributed by atoms with Gasteiger partial charge in [0.25, 0.3) is 0 Å². The van der Waals surface area contributed by atoms with E-state index in [2.05, 4.69) is 5.16 Å². The van der Waals surface area contributed by atoms with E-state index in [4.69, 9.17) is 10.9 Å².